The van der Waals surface area contributed by atoms with Crippen LogP contribution in [-0.2, 0) is 4.74 Å². The van der Waals surface area contributed by atoms with Crippen molar-refractivity contribution in [3.05, 3.63) is 29.8 Å². The molecule has 0 spiro atoms. The summed E-state index contributed by atoms with van der Waals surface area (Å²) >= 11 is 5.21. The Morgan fingerprint density at radius 2 is 2.00 bits per heavy atom. The SMILES string of the molecule is S=C(NCC1CCCO1)NN=Cc1ccc(N2CCCCC2)cc1. The Morgan fingerprint density at radius 3 is 2.71 bits per heavy atom. The Bertz CT molecular complexity index is 549. The summed E-state index contributed by atoms with van der Waals surface area (Å²) in [6, 6.07) is 8.53. The molecule has 0 bridgehead atoms. The smallest absolute Gasteiger partial charge is 0.187 e. The first-order valence-electron chi connectivity index (χ1n) is 8.85. The van der Waals surface area contributed by atoms with Gasteiger partial charge < -0.3 is 15.0 Å². The van der Waals surface area contributed by atoms with Crippen molar-refractivity contribution < 1.29 is 4.74 Å². The van der Waals surface area contributed by atoms with Crippen LogP contribution in [0.3, 0.4) is 0 Å². The lowest BCUT2D eigenvalue weighted by Gasteiger charge is -2.28. The second-order valence-electron chi connectivity index (χ2n) is 6.35. The first-order chi connectivity index (χ1) is 11.8. The second-order valence-corrected chi connectivity index (χ2v) is 6.76. The fraction of sp³-hybridized carbons (Fsp3) is 0.556. The summed E-state index contributed by atoms with van der Waals surface area (Å²) in [4.78, 5) is 2.45. The van der Waals surface area contributed by atoms with Gasteiger partial charge in [-0.2, -0.15) is 5.10 Å². The van der Waals surface area contributed by atoms with E-state index in [1.807, 2.05) is 0 Å². The summed E-state index contributed by atoms with van der Waals surface area (Å²) in [5.41, 5.74) is 5.22. The third kappa shape index (κ3) is 5.18. The average molecular weight is 347 g/mol. The van der Waals surface area contributed by atoms with Crippen LogP contribution < -0.4 is 15.6 Å². The molecule has 0 aliphatic carbocycles. The van der Waals surface area contributed by atoms with E-state index in [1.54, 1.807) is 6.21 Å². The molecule has 0 aromatic heterocycles. The number of hydrazone groups is 1. The molecule has 2 aliphatic heterocycles. The highest BCUT2D eigenvalue weighted by molar-refractivity contribution is 7.80. The molecular formula is C18H26N4OS. The van der Waals surface area contributed by atoms with E-state index in [2.05, 4.69) is 45.0 Å². The molecule has 130 valence electrons. The van der Waals surface area contributed by atoms with E-state index in [0.717, 1.165) is 31.6 Å². The number of ether oxygens (including phenoxy) is 1. The van der Waals surface area contributed by atoms with Gasteiger partial charge in [0.1, 0.15) is 0 Å². The van der Waals surface area contributed by atoms with E-state index in [9.17, 15) is 0 Å². The van der Waals surface area contributed by atoms with Gasteiger partial charge in [-0.15, -0.1) is 0 Å². The number of piperidine rings is 1. The molecule has 1 aromatic rings. The zero-order chi connectivity index (χ0) is 16.6. The van der Waals surface area contributed by atoms with E-state index in [1.165, 1.54) is 38.0 Å². The first kappa shape index (κ1) is 17.2. The van der Waals surface area contributed by atoms with Gasteiger partial charge in [-0.1, -0.05) is 12.1 Å². The Morgan fingerprint density at radius 1 is 1.21 bits per heavy atom. The van der Waals surface area contributed by atoms with Crippen LogP contribution in [0.5, 0.6) is 0 Å². The molecule has 2 heterocycles. The number of thiocarbonyl (C=S) groups is 1. The van der Waals surface area contributed by atoms with E-state index < -0.39 is 0 Å². The topological polar surface area (TPSA) is 48.9 Å². The molecule has 0 saturated carbocycles. The van der Waals surface area contributed by atoms with Gasteiger partial charge >= 0.3 is 0 Å². The van der Waals surface area contributed by atoms with Crippen LogP contribution in [0, 0.1) is 0 Å². The lowest BCUT2D eigenvalue weighted by atomic mass is 10.1. The number of hydrogen-bond donors (Lipinski definition) is 2. The number of nitrogens with zero attached hydrogens (tertiary/aromatic N) is 2. The van der Waals surface area contributed by atoms with Crippen molar-refractivity contribution in [2.45, 2.75) is 38.2 Å². The van der Waals surface area contributed by atoms with Crippen LogP contribution in [0.4, 0.5) is 5.69 Å². The van der Waals surface area contributed by atoms with Gasteiger partial charge in [0, 0.05) is 31.9 Å². The summed E-state index contributed by atoms with van der Waals surface area (Å²) in [5, 5.41) is 7.87. The summed E-state index contributed by atoms with van der Waals surface area (Å²) in [6.07, 6.45) is 8.25. The quantitative estimate of drug-likeness (QED) is 0.488. The molecule has 24 heavy (non-hydrogen) atoms. The zero-order valence-electron chi connectivity index (χ0n) is 14.0. The monoisotopic (exact) mass is 346 g/mol. The Kier molecular flexibility index (Phi) is 6.43. The Labute approximate surface area is 149 Å². The minimum atomic E-state index is 0.274. The maximum absolute atomic E-state index is 5.55. The van der Waals surface area contributed by atoms with E-state index >= 15 is 0 Å². The number of nitrogens with one attached hydrogen (secondary N) is 2. The van der Waals surface area contributed by atoms with Crippen molar-refractivity contribution in [3.8, 4) is 0 Å². The summed E-state index contributed by atoms with van der Waals surface area (Å²) in [5.74, 6) is 0. The Balaban J connectivity index is 1.41. The summed E-state index contributed by atoms with van der Waals surface area (Å²) < 4.78 is 5.55. The zero-order valence-corrected chi connectivity index (χ0v) is 14.9. The van der Waals surface area contributed by atoms with Gasteiger partial charge in [0.25, 0.3) is 0 Å². The van der Waals surface area contributed by atoms with Gasteiger partial charge in [0.2, 0.25) is 0 Å². The van der Waals surface area contributed by atoms with Crippen LogP contribution in [0.15, 0.2) is 29.4 Å². The van der Waals surface area contributed by atoms with Crippen LogP contribution in [0.25, 0.3) is 0 Å². The predicted molar refractivity (Wildman–Crippen MR) is 103 cm³/mol. The van der Waals surface area contributed by atoms with E-state index in [-0.39, 0.29) is 6.10 Å². The summed E-state index contributed by atoms with van der Waals surface area (Å²) in [7, 11) is 0. The van der Waals surface area contributed by atoms with Gasteiger partial charge in [-0.3, -0.25) is 5.43 Å². The number of benzene rings is 1. The lowest BCUT2D eigenvalue weighted by molar-refractivity contribution is 0.114. The first-order valence-corrected chi connectivity index (χ1v) is 9.25. The molecule has 2 aliphatic rings. The van der Waals surface area contributed by atoms with Gasteiger partial charge in [-0.05, 0) is 62.0 Å². The molecule has 1 aromatic carbocycles. The number of hydrogen-bond acceptors (Lipinski definition) is 4. The van der Waals surface area contributed by atoms with Gasteiger partial charge in [0.05, 0.1) is 12.3 Å². The number of rotatable bonds is 5. The minimum absolute atomic E-state index is 0.274. The van der Waals surface area contributed by atoms with Crippen molar-refractivity contribution in [3.63, 3.8) is 0 Å². The van der Waals surface area contributed by atoms with Gasteiger partial charge in [0.15, 0.2) is 5.11 Å². The van der Waals surface area contributed by atoms with Crippen molar-refractivity contribution in [1.82, 2.24) is 10.7 Å². The molecule has 0 radical (unpaired) electrons. The van der Waals surface area contributed by atoms with Crippen LogP contribution in [0.2, 0.25) is 0 Å². The third-order valence-corrected chi connectivity index (χ3v) is 4.74. The summed E-state index contributed by atoms with van der Waals surface area (Å²) in [6.45, 7) is 3.93. The standard InChI is InChI=1S/C18H26N4OS/c24-18(19-14-17-5-4-12-23-17)21-20-13-15-6-8-16(9-7-15)22-10-2-1-3-11-22/h6-9,13,17H,1-5,10-12,14H2,(H2,19,21,24). The van der Waals surface area contributed by atoms with E-state index in [4.69, 9.17) is 17.0 Å². The maximum atomic E-state index is 5.55. The highest BCUT2D eigenvalue weighted by Crippen LogP contribution is 2.19. The largest absolute Gasteiger partial charge is 0.376 e. The molecule has 2 N–H and O–H groups in total. The number of anilines is 1. The van der Waals surface area contributed by atoms with Crippen molar-refractivity contribution >= 4 is 29.2 Å². The minimum Gasteiger partial charge on any atom is -0.376 e. The second kappa shape index (κ2) is 8.99. The van der Waals surface area contributed by atoms with Crippen molar-refractivity contribution in [2.24, 2.45) is 5.10 Å². The molecular weight excluding hydrogens is 320 g/mol. The molecule has 1 unspecified atom stereocenters. The normalized spacial score (nSPS) is 21.2. The van der Waals surface area contributed by atoms with Crippen molar-refractivity contribution in [1.29, 1.82) is 0 Å². The van der Waals surface area contributed by atoms with Crippen LogP contribution in [0.1, 0.15) is 37.7 Å². The van der Waals surface area contributed by atoms with Crippen molar-refractivity contribution in [2.75, 3.05) is 31.1 Å². The fourth-order valence-electron chi connectivity index (χ4n) is 3.14. The molecule has 2 saturated heterocycles. The molecule has 2 fully saturated rings. The highest BCUT2D eigenvalue weighted by Gasteiger charge is 2.15. The highest BCUT2D eigenvalue weighted by atomic mass is 32.1. The molecule has 6 heteroatoms. The van der Waals surface area contributed by atoms with Crippen LogP contribution in [-0.4, -0.2) is 43.7 Å². The average Bonchev–Trinajstić information content (AvgIpc) is 3.15. The maximum Gasteiger partial charge on any atom is 0.187 e. The van der Waals surface area contributed by atoms with Gasteiger partial charge in [-0.25, -0.2) is 0 Å². The molecule has 3 rings (SSSR count). The third-order valence-electron chi connectivity index (χ3n) is 4.51. The lowest BCUT2D eigenvalue weighted by Crippen LogP contribution is -2.37. The van der Waals surface area contributed by atoms with Crippen LogP contribution >= 0.6 is 12.2 Å². The molecule has 0 amide bonds. The molecule has 5 nitrogen and oxygen atoms in total. The predicted octanol–water partition coefficient (Wildman–Crippen LogP) is 2.65. The fourth-order valence-corrected chi connectivity index (χ4v) is 3.28. The Hall–Kier alpha value is -1.66. The van der Waals surface area contributed by atoms with E-state index in [0.29, 0.717) is 5.11 Å². The molecule has 1 atom stereocenters.